The van der Waals surface area contributed by atoms with Gasteiger partial charge in [-0.25, -0.2) is 8.78 Å². The third-order valence-electron chi connectivity index (χ3n) is 2.63. The van der Waals surface area contributed by atoms with Crippen molar-refractivity contribution in [3.8, 4) is 5.75 Å². The van der Waals surface area contributed by atoms with Gasteiger partial charge in [0.05, 0.1) is 13.3 Å². The van der Waals surface area contributed by atoms with Crippen molar-refractivity contribution >= 4 is 6.21 Å². The molecule has 3 nitrogen and oxygen atoms in total. The molecule has 104 valence electrons. The monoisotopic (exact) mass is 277 g/mol. The molecule has 0 amide bonds. The maximum Gasteiger partial charge on any atom is 0.145 e. The van der Waals surface area contributed by atoms with Crippen molar-refractivity contribution in [3.63, 3.8) is 0 Å². The van der Waals surface area contributed by atoms with Gasteiger partial charge in [-0.1, -0.05) is 17.3 Å². The van der Waals surface area contributed by atoms with Crippen LogP contribution in [-0.4, -0.2) is 13.3 Å². The molecule has 2 rings (SSSR count). The number of ether oxygens (including phenoxy) is 1. The van der Waals surface area contributed by atoms with Crippen LogP contribution in [0.2, 0.25) is 0 Å². The SMILES string of the molecule is COc1ccccc1C=NOCc1cc(F)ccc1F. The highest BCUT2D eigenvalue weighted by atomic mass is 19.1. The van der Waals surface area contributed by atoms with Gasteiger partial charge in [0, 0.05) is 11.1 Å². The second-order valence-corrected chi connectivity index (χ2v) is 3.99. The Morgan fingerprint density at radius 2 is 1.95 bits per heavy atom. The van der Waals surface area contributed by atoms with E-state index in [1.54, 1.807) is 19.2 Å². The van der Waals surface area contributed by atoms with Crippen molar-refractivity contribution in [3.05, 3.63) is 65.2 Å². The molecular formula is C15H13F2NO2. The van der Waals surface area contributed by atoms with Crippen LogP contribution in [0.4, 0.5) is 8.78 Å². The van der Waals surface area contributed by atoms with Gasteiger partial charge in [-0.15, -0.1) is 0 Å². The smallest absolute Gasteiger partial charge is 0.145 e. The summed E-state index contributed by atoms with van der Waals surface area (Å²) in [5.74, 6) is -0.394. The number of oxime groups is 1. The molecule has 0 aliphatic rings. The maximum absolute atomic E-state index is 13.3. The molecule has 5 heteroatoms. The van der Waals surface area contributed by atoms with Crippen molar-refractivity contribution in [1.82, 2.24) is 0 Å². The fraction of sp³-hybridized carbons (Fsp3) is 0.133. The molecule has 0 N–H and O–H groups in total. The lowest BCUT2D eigenvalue weighted by Gasteiger charge is -2.04. The Morgan fingerprint density at radius 3 is 2.75 bits per heavy atom. The Hall–Kier alpha value is -2.43. The summed E-state index contributed by atoms with van der Waals surface area (Å²) in [6, 6.07) is 10.4. The van der Waals surface area contributed by atoms with Crippen molar-refractivity contribution in [2.24, 2.45) is 5.16 Å². The number of hydrogen-bond donors (Lipinski definition) is 0. The van der Waals surface area contributed by atoms with Crippen LogP contribution in [-0.2, 0) is 11.4 Å². The Kier molecular flexibility index (Phi) is 4.65. The van der Waals surface area contributed by atoms with Crippen LogP contribution < -0.4 is 4.74 Å². The first kappa shape index (κ1) is 14.0. The van der Waals surface area contributed by atoms with E-state index in [1.165, 1.54) is 6.21 Å². The average molecular weight is 277 g/mol. The average Bonchev–Trinajstić information content (AvgIpc) is 2.47. The zero-order valence-corrected chi connectivity index (χ0v) is 10.8. The number of hydrogen-bond acceptors (Lipinski definition) is 3. The number of benzene rings is 2. The first-order valence-corrected chi connectivity index (χ1v) is 5.93. The lowest BCUT2D eigenvalue weighted by Crippen LogP contribution is -1.94. The van der Waals surface area contributed by atoms with Gasteiger partial charge in [0.2, 0.25) is 0 Å². The normalized spacial score (nSPS) is 10.8. The standard InChI is InChI=1S/C15H13F2NO2/c1-19-15-5-3-2-4-11(15)9-18-20-10-12-8-13(16)6-7-14(12)17/h2-9H,10H2,1H3. The van der Waals surface area contributed by atoms with Crippen LogP contribution in [0.25, 0.3) is 0 Å². The summed E-state index contributed by atoms with van der Waals surface area (Å²) in [4.78, 5) is 4.97. The van der Waals surface area contributed by atoms with Crippen LogP contribution in [0.1, 0.15) is 11.1 Å². The molecule has 0 bridgehead atoms. The summed E-state index contributed by atoms with van der Waals surface area (Å²) in [5, 5.41) is 3.72. The van der Waals surface area contributed by atoms with Crippen LogP contribution in [0, 0.1) is 11.6 Å². The minimum Gasteiger partial charge on any atom is -0.496 e. The molecule has 0 aromatic heterocycles. The van der Waals surface area contributed by atoms with Gasteiger partial charge < -0.3 is 9.57 Å². The van der Waals surface area contributed by atoms with E-state index in [0.29, 0.717) is 5.75 Å². The third-order valence-corrected chi connectivity index (χ3v) is 2.63. The fourth-order valence-electron chi connectivity index (χ4n) is 1.63. The van der Waals surface area contributed by atoms with Gasteiger partial charge in [-0.2, -0.15) is 0 Å². The van der Waals surface area contributed by atoms with Gasteiger partial charge in [0.1, 0.15) is 24.0 Å². The summed E-state index contributed by atoms with van der Waals surface area (Å²) < 4.78 is 31.4. The highest BCUT2D eigenvalue weighted by Gasteiger charge is 2.04. The molecule has 0 aliphatic heterocycles. The molecule has 2 aromatic rings. The summed E-state index contributed by atoms with van der Waals surface area (Å²) >= 11 is 0. The summed E-state index contributed by atoms with van der Waals surface area (Å²) in [5.41, 5.74) is 0.844. The van der Waals surface area contributed by atoms with E-state index in [0.717, 1.165) is 23.8 Å². The molecule has 0 aliphatic carbocycles. The van der Waals surface area contributed by atoms with Gasteiger partial charge >= 0.3 is 0 Å². The lowest BCUT2D eigenvalue weighted by molar-refractivity contribution is 0.129. The molecule has 0 heterocycles. The minimum absolute atomic E-state index is 0.113. The Morgan fingerprint density at radius 1 is 1.15 bits per heavy atom. The van der Waals surface area contributed by atoms with Gasteiger partial charge in [-0.05, 0) is 30.3 Å². The molecule has 0 unspecified atom stereocenters. The molecule has 0 fully saturated rings. The zero-order chi connectivity index (χ0) is 14.4. The molecule has 0 atom stereocenters. The third kappa shape index (κ3) is 3.54. The van der Waals surface area contributed by atoms with Gasteiger partial charge in [0.15, 0.2) is 0 Å². The molecule has 0 saturated heterocycles. The zero-order valence-electron chi connectivity index (χ0n) is 10.8. The van der Waals surface area contributed by atoms with E-state index < -0.39 is 11.6 Å². The van der Waals surface area contributed by atoms with E-state index in [9.17, 15) is 8.78 Å². The molecular weight excluding hydrogens is 264 g/mol. The Labute approximate surface area is 115 Å². The van der Waals surface area contributed by atoms with Gasteiger partial charge in [-0.3, -0.25) is 0 Å². The molecule has 2 aromatic carbocycles. The molecule has 0 spiro atoms. The first-order valence-electron chi connectivity index (χ1n) is 5.93. The second kappa shape index (κ2) is 6.65. The highest BCUT2D eigenvalue weighted by Crippen LogP contribution is 2.15. The van der Waals surface area contributed by atoms with Crippen LogP contribution in [0.3, 0.4) is 0 Å². The van der Waals surface area contributed by atoms with Crippen LogP contribution in [0.15, 0.2) is 47.6 Å². The summed E-state index contributed by atoms with van der Waals surface area (Å²) in [7, 11) is 1.55. The van der Waals surface area contributed by atoms with Crippen LogP contribution in [0.5, 0.6) is 5.75 Å². The largest absolute Gasteiger partial charge is 0.496 e. The quantitative estimate of drug-likeness (QED) is 0.618. The van der Waals surface area contributed by atoms with Crippen molar-refractivity contribution in [2.75, 3.05) is 7.11 Å². The predicted molar refractivity (Wildman–Crippen MR) is 71.7 cm³/mol. The van der Waals surface area contributed by atoms with E-state index in [1.807, 2.05) is 12.1 Å². The van der Waals surface area contributed by atoms with E-state index >= 15 is 0 Å². The molecule has 0 saturated carbocycles. The van der Waals surface area contributed by atoms with E-state index in [4.69, 9.17) is 9.57 Å². The van der Waals surface area contributed by atoms with E-state index in [-0.39, 0.29) is 12.2 Å². The number of para-hydroxylation sites is 1. The molecule has 0 radical (unpaired) electrons. The lowest BCUT2D eigenvalue weighted by atomic mass is 10.2. The maximum atomic E-state index is 13.3. The Bertz CT molecular complexity index is 615. The van der Waals surface area contributed by atoms with E-state index in [2.05, 4.69) is 5.16 Å². The Balaban J connectivity index is 1.98. The number of nitrogens with zero attached hydrogens (tertiary/aromatic N) is 1. The van der Waals surface area contributed by atoms with Gasteiger partial charge in [0.25, 0.3) is 0 Å². The second-order valence-electron chi connectivity index (χ2n) is 3.99. The summed E-state index contributed by atoms with van der Waals surface area (Å²) in [6.45, 7) is -0.144. The molecule has 20 heavy (non-hydrogen) atoms. The van der Waals surface area contributed by atoms with Crippen molar-refractivity contribution in [1.29, 1.82) is 0 Å². The van der Waals surface area contributed by atoms with Crippen molar-refractivity contribution < 1.29 is 18.4 Å². The number of halogens is 2. The first-order chi connectivity index (χ1) is 9.70. The predicted octanol–water partition coefficient (Wildman–Crippen LogP) is 3.52. The summed E-state index contributed by atoms with van der Waals surface area (Å²) in [6.07, 6.45) is 1.45. The van der Waals surface area contributed by atoms with Crippen molar-refractivity contribution in [2.45, 2.75) is 6.61 Å². The fourth-order valence-corrected chi connectivity index (χ4v) is 1.63. The highest BCUT2D eigenvalue weighted by molar-refractivity contribution is 5.82. The topological polar surface area (TPSA) is 30.8 Å². The number of methoxy groups -OCH3 is 1. The number of rotatable bonds is 5. The minimum atomic E-state index is -0.529. The van der Waals surface area contributed by atoms with Crippen LogP contribution >= 0.6 is 0 Å².